The van der Waals surface area contributed by atoms with E-state index in [1.54, 1.807) is 17.0 Å². The lowest BCUT2D eigenvalue weighted by Gasteiger charge is -2.35. The molecule has 18 heavy (non-hydrogen) atoms. The molecule has 0 saturated heterocycles. The molecule has 0 radical (unpaired) electrons. The number of hydrogen-bond acceptors (Lipinski definition) is 4. The normalized spacial score (nSPS) is 22.9. The largest absolute Gasteiger partial charge is 0.355 e. The Bertz CT molecular complexity index is 462. The van der Waals surface area contributed by atoms with Gasteiger partial charge >= 0.3 is 0 Å². The fraction of sp³-hybridized carbons (Fsp3) is 0.692. The Morgan fingerprint density at radius 2 is 2.22 bits per heavy atom. The lowest BCUT2D eigenvalue weighted by Crippen LogP contribution is -2.43. The molecule has 0 aromatic carbocycles. The molecule has 1 aliphatic carbocycles. The third-order valence-electron chi connectivity index (χ3n) is 3.57. The summed E-state index contributed by atoms with van der Waals surface area (Å²) in [6.45, 7) is 4.85. The molecular weight excluding hydrogens is 228 g/mol. The van der Waals surface area contributed by atoms with Gasteiger partial charge in [0.2, 0.25) is 0 Å². The molecule has 0 bridgehead atoms. The highest BCUT2D eigenvalue weighted by molar-refractivity contribution is 5.34. The van der Waals surface area contributed by atoms with Crippen molar-refractivity contribution in [1.82, 2.24) is 9.55 Å². The zero-order valence-electron chi connectivity index (χ0n) is 11.3. The van der Waals surface area contributed by atoms with Crippen LogP contribution in [0.25, 0.3) is 0 Å². The Balaban J connectivity index is 2.12. The summed E-state index contributed by atoms with van der Waals surface area (Å²) in [5.41, 5.74) is 5.76. The maximum atomic E-state index is 12.2. The van der Waals surface area contributed by atoms with Gasteiger partial charge in [0.1, 0.15) is 0 Å². The van der Waals surface area contributed by atoms with Gasteiger partial charge in [-0.05, 0) is 32.6 Å². The van der Waals surface area contributed by atoms with Gasteiger partial charge in [0.25, 0.3) is 5.56 Å². The molecule has 1 fully saturated rings. The number of aromatic nitrogens is 2. The third kappa shape index (κ3) is 2.56. The molecule has 0 unspecified atom stereocenters. The van der Waals surface area contributed by atoms with E-state index in [2.05, 4.69) is 4.98 Å². The molecule has 1 aromatic heterocycles. The van der Waals surface area contributed by atoms with Gasteiger partial charge in [-0.25, -0.2) is 4.98 Å². The molecule has 0 spiro atoms. The summed E-state index contributed by atoms with van der Waals surface area (Å²) < 4.78 is 1.71. The monoisotopic (exact) mass is 250 g/mol. The minimum atomic E-state index is -0.0152. The van der Waals surface area contributed by atoms with E-state index in [-0.39, 0.29) is 11.6 Å². The molecule has 1 heterocycles. The number of rotatable bonds is 4. The van der Waals surface area contributed by atoms with Crippen molar-refractivity contribution in [2.24, 2.45) is 11.7 Å². The fourth-order valence-electron chi connectivity index (χ4n) is 2.49. The van der Waals surface area contributed by atoms with Crippen LogP contribution in [0.1, 0.15) is 32.7 Å². The number of anilines is 1. The smallest absolute Gasteiger partial charge is 0.293 e. The first-order valence-corrected chi connectivity index (χ1v) is 6.53. The van der Waals surface area contributed by atoms with Crippen molar-refractivity contribution < 1.29 is 0 Å². The first-order chi connectivity index (χ1) is 8.49. The van der Waals surface area contributed by atoms with E-state index in [0.29, 0.717) is 17.8 Å². The second kappa shape index (κ2) is 5.10. The third-order valence-corrected chi connectivity index (χ3v) is 3.57. The Hall–Kier alpha value is -1.36. The molecule has 2 rings (SSSR count). The second-order valence-electron chi connectivity index (χ2n) is 5.54. The summed E-state index contributed by atoms with van der Waals surface area (Å²) in [4.78, 5) is 18.4. The van der Waals surface area contributed by atoms with Gasteiger partial charge in [-0.15, -0.1) is 0 Å². The van der Waals surface area contributed by atoms with Gasteiger partial charge < -0.3 is 15.2 Å². The van der Waals surface area contributed by atoms with E-state index >= 15 is 0 Å². The van der Waals surface area contributed by atoms with Crippen LogP contribution in [0, 0.1) is 5.92 Å². The van der Waals surface area contributed by atoms with Crippen molar-refractivity contribution in [3.8, 4) is 0 Å². The molecule has 1 aliphatic rings. The fourth-order valence-corrected chi connectivity index (χ4v) is 2.49. The van der Waals surface area contributed by atoms with Crippen LogP contribution in [0.4, 0.5) is 5.82 Å². The van der Waals surface area contributed by atoms with Gasteiger partial charge in [-0.2, -0.15) is 0 Å². The SMILES string of the molecule is CC(C)n1ccnc(N(C)CC2CC(N)C2)c1=O. The molecule has 1 aromatic rings. The summed E-state index contributed by atoms with van der Waals surface area (Å²) in [7, 11) is 1.93. The summed E-state index contributed by atoms with van der Waals surface area (Å²) in [6.07, 6.45) is 5.54. The van der Waals surface area contributed by atoms with Crippen LogP contribution >= 0.6 is 0 Å². The maximum absolute atomic E-state index is 12.2. The number of nitrogens with two attached hydrogens (primary N) is 1. The second-order valence-corrected chi connectivity index (χ2v) is 5.54. The first-order valence-electron chi connectivity index (χ1n) is 6.53. The minimum Gasteiger partial charge on any atom is -0.355 e. The molecule has 2 N–H and O–H groups in total. The van der Waals surface area contributed by atoms with E-state index in [4.69, 9.17) is 5.73 Å². The highest BCUT2D eigenvalue weighted by atomic mass is 16.1. The standard InChI is InChI=1S/C13H22N4O/c1-9(2)17-5-4-15-12(13(17)18)16(3)8-10-6-11(14)7-10/h4-5,9-11H,6-8,14H2,1-3H3. The molecule has 0 aliphatic heterocycles. The lowest BCUT2D eigenvalue weighted by molar-refractivity contribution is 0.270. The predicted molar refractivity (Wildman–Crippen MR) is 72.9 cm³/mol. The van der Waals surface area contributed by atoms with Crippen molar-refractivity contribution in [1.29, 1.82) is 0 Å². The zero-order valence-corrected chi connectivity index (χ0v) is 11.3. The Labute approximate surface area is 108 Å². The van der Waals surface area contributed by atoms with Crippen molar-refractivity contribution in [2.75, 3.05) is 18.5 Å². The predicted octanol–water partition coefficient (Wildman–Crippen LogP) is 0.998. The Kier molecular flexibility index (Phi) is 3.71. The van der Waals surface area contributed by atoms with Crippen molar-refractivity contribution in [3.63, 3.8) is 0 Å². The molecular formula is C13H22N4O. The summed E-state index contributed by atoms with van der Waals surface area (Å²) >= 11 is 0. The molecule has 100 valence electrons. The van der Waals surface area contributed by atoms with Crippen molar-refractivity contribution in [2.45, 2.75) is 38.8 Å². The van der Waals surface area contributed by atoms with E-state index in [9.17, 15) is 4.79 Å². The number of hydrogen-bond donors (Lipinski definition) is 1. The van der Waals surface area contributed by atoms with Gasteiger partial charge in [-0.1, -0.05) is 0 Å². The van der Waals surface area contributed by atoms with Crippen LogP contribution in [-0.4, -0.2) is 29.2 Å². The first kappa shape index (κ1) is 13.1. The van der Waals surface area contributed by atoms with Gasteiger partial charge in [0, 0.05) is 38.1 Å². The molecule has 0 amide bonds. The highest BCUT2D eigenvalue weighted by Gasteiger charge is 2.27. The maximum Gasteiger partial charge on any atom is 0.293 e. The van der Waals surface area contributed by atoms with Gasteiger partial charge in [0.05, 0.1) is 0 Å². The van der Waals surface area contributed by atoms with Gasteiger partial charge in [0.15, 0.2) is 5.82 Å². The summed E-state index contributed by atoms with van der Waals surface area (Å²) in [5, 5.41) is 0. The molecule has 5 heteroatoms. The topological polar surface area (TPSA) is 64.2 Å². The summed E-state index contributed by atoms with van der Waals surface area (Å²) in [5.74, 6) is 1.13. The average Bonchev–Trinajstić information content (AvgIpc) is 2.26. The van der Waals surface area contributed by atoms with Crippen LogP contribution in [0.15, 0.2) is 17.2 Å². The Morgan fingerprint density at radius 1 is 1.56 bits per heavy atom. The van der Waals surface area contributed by atoms with E-state index in [1.807, 2.05) is 25.8 Å². The van der Waals surface area contributed by atoms with Crippen LogP contribution in [0.3, 0.4) is 0 Å². The molecule has 0 atom stereocenters. The highest BCUT2D eigenvalue weighted by Crippen LogP contribution is 2.26. The lowest BCUT2D eigenvalue weighted by atomic mass is 9.81. The average molecular weight is 250 g/mol. The number of nitrogens with zero attached hydrogens (tertiary/aromatic N) is 3. The van der Waals surface area contributed by atoms with Crippen molar-refractivity contribution in [3.05, 3.63) is 22.7 Å². The van der Waals surface area contributed by atoms with Crippen molar-refractivity contribution >= 4 is 5.82 Å². The van der Waals surface area contributed by atoms with Crippen LogP contribution in [0.2, 0.25) is 0 Å². The minimum absolute atomic E-state index is 0.0152. The van der Waals surface area contributed by atoms with Crippen LogP contribution in [0.5, 0.6) is 0 Å². The van der Waals surface area contributed by atoms with E-state index in [1.165, 1.54) is 0 Å². The van der Waals surface area contributed by atoms with Crippen LogP contribution in [-0.2, 0) is 0 Å². The van der Waals surface area contributed by atoms with Gasteiger partial charge in [-0.3, -0.25) is 4.79 Å². The molecule has 5 nitrogen and oxygen atoms in total. The van der Waals surface area contributed by atoms with E-state index in [0.717, 1.165) is 19.4 Å². The Morgan fingerprint density at radius 3 is 2.78 bits per heavy atom. The molecule has 1 saturated carbocycles. The quantitative estimate of drug-likeness (QED) is 0.866. The zero-order chi connectivity index (χ0) is 13.3. The van der Waals surface area contributed by atoms with Crippen LogP contribution < -0.4 is 16.2 Å². The van der Waals surface area contributed by atoms with E-state index < -0.39 is 0 Å². The summed E-state index contributed by atoms with van der Waals surface area (Å²) in [6, 6.07) is 0.504.